The summed E-state index contributed by atoms with van der Waals surface area (Å²) in [7, 11) is 2.74. The van der Waals surface area contributed by atoms with Gasteiger partial charge in [0.25, 0.3) is 0 Å². The number of benzene rings is 1. The van der Waals surface area contributed by atoms with Gasteiger partial charge < -0.3 is 9.47 Å². The molecule has 1 rings (SSSR count). The maximum Gasteiger partial charge on any atom is 0.338 e. The highest BCUT2D eigenvalue weighted by Gasteiger charge is 2.11. The van der Waals surface area contributed by atoms with Crippen LogP contribution in [0.4, 0.5) is 5.69 Å². The van der Waals surface area contributed by atoms with Gasteiger partial charge in [0.05, 0.1) is 25.5 Å². The fourth-order valence-corrected chi connectivity index (χ4v) is 1.05. The minimum atomic E-state index is -0.556. The van der Waals surface area contributed by atoms with Crippen molar-refractivity contribution < 1.29 is 14.3 Å². The van der Waals surface area contributed by atoms with Gasteiger partial charge in [-0.2, -0.15) is 0 Å². The molecule has 6 nitrogen and oxygen atoms in total. The number of carbonyl (C=O) groups excluding carboxylic acids is 1. The predicted molar refractivity (Wildman–Crippen MR) is 53.1 cm³/mol. The largest absolute Gasteiger partial charge is 0.497 e. The van der Waals surface area contributed by atoms with E-state index in [-0.39, 0.29) is 11.3 Å². The molecule has 0 aliphatic heterocycles. The van der Waals surface area contributed by atoms with E-state index in [1.165, 1.54) is 26.4 Å². The normalized spacial score (nSPS) is 8.93. The summed E-state index contributed by atoms with van der Waals surface area (Å²) in [5.41, 5.74) is 8.72. The van der Waals surface area contributed by atoms with Crippen LogP contribution in [0.15, 0.2) is 23.3 Å². The quantitative estimate of drug-likeness (QED) is 0.330. The number of hydrogen-bond donors (Lipinski definition) is 0. The van der Waals surface area contributed by atoms with E-state index in [1.54, 1.807) is 6.07 Å². The van der Waals surface area contributed by atoms with Crippen LogP contribution in [0.3, 0.4) is 0 Å². The molecule has 1 aromatic carbocycles. The number of azide groups is 1. The van der Waals surface area contributed by atoms with Crippen molar-refractivity contribution in [2.45, 2.75) is 0 Å². The number of nitrogens with zero attached hydrogens (tertiary/aromatic N) is 3. The van der Waals surface area contributed by atoms with Gasteiger partial charge in [-0.05, 0) is 23.7 Å². The summed E-state index contributed by atoms with van der Waals surface area (Å²) >= 11 is 0. The first-order chi connectivity index (χ1) is 7.22. The fraction of sp³-hybridized carbons (Fsp3) is 0.222. The van der Waals surface area contributed by atoms with E-state index < -0.39 is 5.97 Å². The summed E-state index contributed by atoms with van der Waals surface area (Å²) in [5.74, 6) is -0.0508. The molecule has 0 fully saturated rings. The molecule has 78 valence electrons. The molecule has 0 aromatic heterocycles. The second-order valence-electron chi connectivity index (χ2n) is 2.56. The van der Waals surface area contributed by atoms with Gasteiger partial charge in [0.15, 0.2) is 0 Å². The molecule has 0 heterocycles. The first kappa shape index (κ1) is 10.9. The van der Waals surface area contributed by atoms with Gasteiger partial charge in [-0.1, -0.05) is 5.11 Å². The molecule has 0 N–H and O–H groups in total. The Labute approximate surface area is 86.0 Å². The van der Waals surface area contributed by atoms with Crippen LogP contribution in [0.5, 0.6) is 5.75 Å². The molecule has 1 aromatic rings. The predicted octanol–water partition coefficient (Wildman–Crippen LogP) is 2.42. The van der Waals surface area contributed by atoms with E-state index in [9.17, 15) is 4.79 Å². The summed E-state index contributed by atoms with van der Waals surface area (Å²) in [5, 5.41) is 3.38. The van der Waals surface area contributed by atoms with E-state index in [0.717, 1.165) is 0 Å². The Bertz CT molecular complexity index is 425. The summed E-state index contributed by atoms with van der Waals surface area (Å²) in [6.07, 6.45) is 0. The lowest BCUT2D eigenvalue weighted by molar-refractivity contribution is 0.0601. The maximum atomic E-state index is 11.3. The summed E-state index contributed by atoms with van der Waals surface area (Å²) < 4.78 is 9.47. The first-order valence-corrected chi connectivity index (χ1v) is 4.04. The van der Waals surface area contributed by atoms with Crippen molar-refractivity contribution in [1.29, 1.82) is 0 Å². The summed E-state index contributed by atoms with van der Waals surface area (Å²) in [4.78, 5) is 13.9. The molecular formula is C9H9N3O3. The van der Waals surface area contributed by atoms with Crippen molar-refractivity contribution in [2.24, 2.45) is 5.11 Å². The van der Waals surface area contributed by atoms with Crippen molar-refractivity contribution >= 4 is 11.7 Å². The average Bonchev–Trinajstić information content (AvgIpc) is 2.28. The topological polar surface area (TPSA) is 84.3 Å². The Morgan fingerprint density at radius 3 is 2.73 bits per heavy atom. The Morgan fingerprint density at radius 1 is 1.47 bits per heavy atom. The highest BCUT2D eigenvalue weighted by Crippen LogP contribution is 2.25. The monoisotopic (exact) mass is 207 g/mol. The molecule has 0 atom stereocenters. The van der Waals surface area contributed by atoms with Gasteiger partial charge in [0, 0.05) is 4.91 Å². The average molecular weight is 207 g/mol. The minimum Gasteiger partial charge on any atom is -0.497 e. The number of hydrogen-bond acceptors (Lipinski definition) is 4. The Morgan fingerprint density at radius 2 is 2.20 bits per heavy atom. The first-order valence-electron chi connectivity index (χ1n) is 4.04. The third kappa shape index (κ3) is 2.38. The summed E-state index contributed by atoms with van der Waals surface area (Å²) in [6.45, 7) is 0. The van der Waals surface area contributed by atoms with Gasteiger partial charge in [-0.25, -0.2) is 4.79 Å². The molecule has 0 unspecified atom stereocenters. The number of esters is 1. The van der Waals surface area contributed by atoms with Crippen LogP contribution in [-0.4, -0.2) is 20.2 Å². The lowest BCUT2D eigenvalue weighted by atomic mass is 10.2. The molecule has 0 saturated carbocycles. The Hall–Kier alpha value is -2.20. The zero-order valence-corrected chi connectivity index (χ0v) is 8.30. The standard InChI is InChI=1S/C9H9N3O3/c1-14-6-3-4-7(9(13)15-2)8(5-6)11-12-10/h3-5H,1-2H3. The van der Waals surface area contributed by atoms with Gasteiger partial charge in [0.2, 0.25) is 0 Å². The second-order valence-corrected chi connectivity index (χ2v) is 2.56. The molecule has 0 aliphatic carbocycles. The van der Waals surface area contributed by atoms with Crippen molar-refractivity contribution in [3.05, 3.63) is 34.2 Å². The van der Waals surface area contributed by atoms with Crippen molar-refractivity contribution in [1.82, 2.24) is 0 Å². The van der Waals surface area contributed by atoms with E-state index in [1.807, 2.05) is 0 Å². The number of methoxy groups -OCH3 is 2. The highest BCUT2D eigenvalue weighted by atomic mass is 16.5. The van der Waals surface area contributed by atoms with Crippen LogP contribution in [0.1, 0.15) is 10.4 Å². The zero-order valence-electron chi connectivity index (χ0n) is 8.30. The smallest absolute Gasteiger partial charge is 0.338 e. The van der Waals surface area contributed by atoms with Crippen molar-refractivity contribution in [3.8, 4) is 5.75 Å². The lowest BCUT2D eigenvalue weighted by Gasteiger charge is -2.05. The van der Waals surface area contributed by atoms with E-state index in [4.69, 9.17) is 10.3 Å². The number of ether oxygens (including phenoxy) is 2. The third-order valence-corrected chi connectivity index (χ3v) is 1.76. The van der Waals surface area contributed by atoms with Crippen LogP contribution < -0.4 is 4.74 Å². The van der Waals surface area contributed by atoms with Crippen molar-refractivity contribution in [2.75, 3.05) is 14.2 Å². The molecule has 0 radical (unpaired) electrons. The molecule has 6 heteroatoms. The summed E-state index contributed by atoms with van der Waals surface area (Å²) in [6, 6.07) is 4.53. The van der Waals surface area contributed by atoms with E-state index in [2.05, 4.69) is 14.8 Å². The van der Waals surface area contributed by atoms with E-state index >= 15 is 0 Å². The van der Waals surface area contributed by atoms with Gasteiger partial charge in [-0.15, -0.1) is 0 Å². The zero-order chi connectivity index (χ0) is 11.3. The number of rotatable bonds is 3. The third-order valence-electron chi connectivity index (χ3n) is 1.76. The Balaban J connectivity index is 3.26. The molecule has 0 amide bonds. The molecule has 0 saturated heterocycles. The molecule has 15 heavy (non-hydrogen) atoms. The van der Waals surface area contributed by atoms with Crippen molar-refractivity contribution in [3.63, 3.8) is 0 Å². The van der Waals surface area contributed by atoms with Gasteiger partial charge >= 0.3 is 5.97 Å². The minimum absolute atomic E-state index is 0.184. The molecule has 0 bridgehead atoms. The SMILES string of the molecule is COC(=O)c1ccc(OC)cc1N=[N+]=[N-]. The van der Waals surface area contributed by atoms with Crippen LogP contribution >= 0.6 is 0 Å². The number of carbonyl (C=O) groups is 1. The molecular weight excluding hydrogens is 198 g/mol. The fourth-order valence-electron chi connectivity index (χ4n) is 1.05. The van der Waals surface area contributed by atoms with Crippen LogP contribution in [0.2, 0.25) is 0 Å². The van der Waals surface area contributed by atoms with E-state index in [0.29, 0.717) is 5.75 Å². The molecule has 0 spiro atoms. The lowest BCUT2D eigenvalue weighted by Crippen LogP contribution is -2.01. The Kier molecular flexibility index (Phi) is 3.54. The molecule has 0 aliphatic rings. The van der Waals surface area contributed by atoms with Gasteiger partial charge in [0.1, 0.15) is 5.75 Å². The highest BCUT2D eigenvalue weighted by molar-refractivity contribution is 5.95. The van der Waals surface area contributed by atoms with Gasteiger partial charge in [-0.3, -0.25) is 0 Å². The van der Waals surface area contributed by atoms with Crippen LogP contribution in [0.25, 0.3) is 10.4 Å². The van der Waals surface area contributed by atoms with Crippen LogP contribution in [0, 0.1) is 0 Å². The van der Waals surface area contributed by atoms with Crippen LogP contribution in [-0.2, 0) is 4.74 Å². The second kappa shape index (κ2) is 4.88. The maximum absolute atomic E-state index is 11.3.